The molecule has 0 aliphatic heterocycles. The Labute approximate surface area is 130 Å². The average molecular weight is 384 g/mol. The van der Waals surface area contributed by atoms with E-state index in [-0.39, 0.29) is 23.6 Å². The quantitative estimate of drug-likeness (QED) is 0.353. The number of nitrogens with zero attached hydrogens (tertiary/aromatic N) is 1. The van der Waals surface area contributed by atoms with Gasteiger partial charge >= 0.3 is 0 Å². The van der Waals surface area contributed by atoms with Gasteiger partial charge in [-0.2, -0.15) is 5.26 Å². The first kappa shape index (κ1) is 16.0. The Bertz CT molecular complexity index is 603. The van der Waals surface area contributed by atoms with Crippen molar-refractivity contribution in [3.63, 3.8) is 0 Å². The maximum Gasteiger partial charge on any atom is 0.262 e. The van der Waals surface area contributed by atoms with E-state index in [2.05, 4.69) is 11.9 Å². The van der Waals surface area contributed by atoms with E-state index < -0.39 is 5.91 Å². The number of carbonyl (C=O) groups is 1. The lowest BCUT2D eigenvalue weighted by atomic mass is 10.1. The third-order valence-corrected chi connectivity index (χ3v) is 3.18. The summed E-state index contributed by atoms with van der Waals surface area (Å²) in [6.45, 7) is 3.77. The van der Waals surface area contributed by atoms with Crippen LogP contribution in [-0.2, 0) is 4.79 Å². The molecule has 2 N–H and O–H groups in total. The van der Waals surface area contributed by atoms with E-state index in [4.69, 9.17) is 10.00 Å². The molecule has 104 valence electrons. The number of nitriles is 1. The summed E-state index contributed by atoms with van der Waals surface area (Å²) in [6.07, 6.45) is 2.96. The van der Waals surface area contributed by atoms with Crippen LogP contribution in [0.5, 0.6) is 11.5 Å². The minimum absolute atomic E-state index is 0.0277. The summed E-state index contributed by atoms with van der Waals surface area (Å²) in [5.41, 5.74) is 0.560. The number of halogens is 1. The summed E-state index contributed by atoms with van der Waals surface area (Å²) in [6, 6.07) is 5.04. The number of hydrogen-bond donors (Lipinski definition) is 2. The number of aromatic hydroxyl groups is 1. The fourth-order valence-corrected chi connectivity index (χ4v) is 2.03. The summed E-state index contributed by atoms with van der Waals surface area (Å²) in [4.78, 5) is 11.7. The van der Waals surface area contributed by atoms with Crippen LogP contribution in [-0.4, -0.2) is 24.7 Å². The summed E-state index contributed by atoms with van der Waals surface area (Å²) in [5.74, 6) is -0.166. The van der Waals surface area contributed by atoms with Crippen LogP contribution in [0, 0.1) is 14.9 Å². The monoisotopic (exact) mass is 384 g/mol. The molecule has 0 spiro atoms. The number of nitrogens with one attached hydrogen (secondary N) is 1. The molecule has 0 heterocycles. The topological polar surface area (TPSA) is 82.4 Å². The smallest absolute Gasteiger partial charge is 0.262 e. The van der Waals surface area contributed by atoms with Crippen molar-refractivity contribution in [2.45, 2.75) is 0 Å². The van der Waals surface area contributed by atoms with Crippen LogP contribution in [0.15, 0.2) is 30.4 Å². The first-order chi connectivity index (χ1) is 9.53. The van der Waals surface area contributed by atoms with E-state index in [9.17, 15) is 9.90 Å². The number of phenolic OH excluding ortho intramolecular Hbond substituents is 1. The summed E-state index contributed by atoms with van der Waals surface area (Å²) < 4.78 is 5.59. The summed E-state index contributed by atoms with van der Waals surface area (Å²) in [5, 5.41) is 21.3. The van der Waals surface area contributed by atoms with Crippen molar-refractivity contribution in [1.29, 1.82) is 5.26 Å². The van der Waals surface area contributed by atoms with Crippen molar-refractivity contribution in [1.82, 2.24) is 5.32 Å². The van der Waals surface area contributed by atoms with Gasteiger partial charge in [0, 0.05) is 6.54 Å². The first-order valence-corrected chi connectivity index (χ1v) is 6.68. The van der Waals surface area contributed by atoms with E-state index in [0.29, 0.717) is 9.13 Å². The molecule has 0 saturated carbocycles. The lowest BCUT2D eigenvalue weighted by Crippen LogP contribution is -2.24. The Morgan fingerprint density at radius 1 is 1.65 bits per heavy atom. The fraction of sp³-hybridized carbons (Fsp3) is 0.143. The Hall–Kier alpha value is -2.01. The normalized spacial score (nSPS) is 10.6. The van der Waals surface area contributed by atoms with Crippen LogP contribution in [0.4, 0.5) is 0 Å². The van der Waals surface area contributed by atoms with Crippen LogP contribution < -0.4 is 10.1 Å². The maximum atomic E-state index is 11.7. The zero-order valence-corrected chi connectivity index (χ0v) is 13.0. The zero-order chi connectivity index (χ0) is 15.1. The van der Waals surface area contributed by atoms with Gasteiger partial charge in [-0.1, -0.05) is 6.08 Å². The highest BCUT2D eigenvalue weighted by molar-refractivity contribution is 14.1. The number of carbonyl (C=O) groups excluding carboxylic acids is 1. The van der Waals surface area contributed by atoms with Crippen molar-refractivity contribution in [3.05, 3.63) is 39.5 Å². The van der Waals surface area contributed by atoms with Gasteiger partial charge in [0.2, 0.25) is 0 Å². The Kier molecular flexibility index (Phi) is 6.06. The van der Waals surface area contributed by atoms with Gasteiger partial charge in [-0.25, -0.2) is 0 Å². The molecule has 0 aliphatic carbocycles. The minimum Gasteiger partial charge on any atom is -0.504 e. The van der Waals surface area contributed by atoms with Crippen LogP contribution >= 0.6 is 22.6 Å². The lowest BCUT2D eigenvalue weighted by molar-refractivity contribution is -0.116. The zero-order valence-electron chi connectivity index (χ0n) is 10.8. The number of hydrogen-bond acceptors (Lipinski definition) is 4. The van der Waals surface area contributed by atoms with Gasteiger partial charge in [-0.15, -0.1) is 6.58 Å². The third kappa shape index (κ3) is 3.99. The molecule has 1 rings (SSSR count). The van der Waals surface area contributed by atoms with E-state index >= 15 is 0 Å². The molecule has 20 heavy (non-hydrogen) atoms. The molecule has 0 aliphatic rings. The van der Waals surface area contributed by atoms with Gasteiger partial charge in [0.25, 0.3) is 5.91 Å². The first-order valence-electron chi connectivity index (χ1n) is 5.60. The Balaban J connectivity index is 3.14. The standard InChI is InChI=1S/C14H13IN2O3/c1-3-4-17-14(19)10(8-16)5-9-6-11(15)13(18)12(7-9)20-2/h3,5-7,18H,1,4H2,2H3,(H,17,19)/b10-5+. The molecular weight excluding hydrogens is 371 g/mol. The van der Waals surface area contributed by atoms with Crippen molar-refractivity contribution in [2.75, 3.05) is 13.7 Å². The van der Waals surface area contributed by atoms with Crippen molar-refractivity contribution in [2.24, 2.45) is 0 Å². The Morgan fingerprint density at radius 2 is 2.35 bits per heavy atom. The molecule has 6 heteroatoms. The molecule has 0 atom stereocenters. The Morgan fingerprint density at radius 3 is 2.90 bits per heavy atom. The third-order valence-electron chi connectivity index (χ3n) is 2.35. The van der Waals surface area contributed by atoms with E-state index in [1.165, 1.54) is 19.3 Å². The number of benzene rings is 1. The molecule has 0 unspecified atom stereocenters. The second-order valence-electron chi connectivity index (χ2n) is 3.72. The summed E-state index contributed by atoms with van der Waals surface area (Å²) in [7, 11) is 1.43. The molecule has 5 nitrogen and oxygen atoms in total. The van der Waals surface area contributed by atoms with Gasteiger partial charge in [0.05, 0.1) is 10.7 Å². The largest absolute Gasteiger partial charge is 0.504 e. The predicted molar refractivity (Wildman–Crippen MR) is 84.2 cm³/mol. The van der Waals surface area contributed by atoms with Gasteiger partial charge in [-0.05, 0) is 46.4 Å². The highest BCUT2D eigenvalue weighted by Gasteiger charge is 2.11. The molecule has 1 amide bonds. The average Bonchev–Trinajstić information content (AvgIpc) is 2.45. The van der Waals surface area contributed by atoms with E-state index in [1.807, 2.05) is 28.7 Å². The number of ether oxygens (including phenoxy) is 1. The minimum atomic E-state index is -0.477. The molecule has 0 bridgehead atoms. The molecule has 1 aromatic carbocycles. The van der Waals surface area contributed by atoms with Crippen molar-refractivity contribution < 1.29 is 14.6 Å². The van der Waals surface area contributed by atoms with Crippen molar-refractivity contribution in [3.8, 4) is 17.6 Å². The van der Waals surface area contributed by atoms with E-state index in [1.54, 1.807) is 12.1 Å². The van der Waals surface area contributed by atoms with E-state index in [0.717, 1.165) is 0 Å². The number of phenols is 1. The van der Waals surface area contributed by atoms with Crippen LogP contribution in [0.3, 0.4) is 0 Å². The highest BCUT2D eigenvalue weighted by atomic mass is 127. The SMILES string of the molecule is C=CCNC(=O)/C(C#N)=C/c1cc(I)c(O)c(OC)c1. The maximum absolute atomic E-state index is 11.7. The summed E-state index contributed by atoms with van der Waals surface area (Å²) >= 11 is 1.94. The van der Waals surface area contributed by atoms with Crippen LogP contribution in [0.1, 0.15) is 5.56 Å². The second kappa shape index (κ2) is 7.55. The predicted octanol–water partition coefficient (Wildman–Crippen LogP) is 2.21. The van der Waals surface area contributed by atoms with Crippen LogP contribution in [0.25, 0.3) is 6.08 Å². The molecule has 0 fully saturated rings. The molecule has 1 aromatic rings. The lowest BCUT2D eigenvalue weighted by Gasteiger charge is -2.07. The van der Waals surface area contributed by atoms with Gasteiger partial charge in [-0.3, -0.25) is 4.79 Å². The number of rotatable bonds is 5. The number of amides is 1. The van der Waals surface area contributed by atoms with Crippen molar-refractivity contribution >= 4 is 34.6 Å². The second-order valence-corrected chi connectivity index (χ2v) is 4.88. The molecular formula is C14H13IN2O3. The van der Waals surface area contributed by atoms with Gasteiger partial charge in [0.15, 0.2) is 11.5 Å². The van der Waals surface area contributed by atoms with Gasteiger partial charge < -0.3 is 15.2 Å². The molecule has 0 aromatic heterocycles. The molecule has 0 saturated heterocycles. The van der Waals surface area contributed by atoms with Gasteiger partial charge in [0.1, 0.15) is 11.6 Å². The molecule has 0 radical (unpaired) electrons. The fourth-order valence-electron chi connectivity index (χ4n) is 1.41. The highest BCUT2D eigenvalue weighted by Crippen LogP contribution is 2.33. The van der Waals surface area contributed by atoms with Crippen LogP contribution in [0.2, 0.25) is 0 Å². The number of methoxy groups -OCH3 is 1.